The highest BCUT2D eigenvalue weighted by atomic mass is 16.4. The molecule has 4 N–H and O–H groups in total. The second-order valence-corrected chi connectivity index (χ2v) is 4.16. The number of anilines is 2. The van der Waals surface area contributed by atoms with Crippen LogP contribution in [0.4, 0.5) is 11.6 Å². The Morgan fingerprint density at radius 2 is 2.00 bits per heavy atom. The number of carbonyl (C=O) groups excluding carboxylic acids is 1. The molecule has 0 unspecified atom stereocenters. The quantitative estimate of drug-likeness (QED) is 0.742. The molecule has 0 saturated carbocycles. The minimum absolute atomic E-state index is 0.0764. The lowest BCUT2D eigenvalue weighted by atomic mass is 10.2. The van der Waals surface area contributed by atoms with E-state index in [-0.39, 0.29) is 11.8 Å². The Morgan fingerprint density at radius 1 is 1.35 bits per heavy atom. The standard InChI is InChI=1S/C12H13N5O3/c1-7-2-4-8(5-3-7)17(6-9(18)19)11(20)10-14-12(13)16-15-10/h2-5H,6H2,1H3,(H,18,19)(H3,13,14,15,16). The number of amides is 1. The number of nitrogens with two attached hydrogens (primary N) is 1. The Hall–Kier alpha value is -2.90. The van der Waals surface area contributed by atoms with Crippen molar-refractivity contribution in [2.45, 2.75) is 6.92 Å². The number of carboxylic acids is 1. The zero-order valence-corrected chi connectivity index (χ0v) is 10.7. The molecule has 0 spiro atoms. The Labute approximate surface area is 114 Å². The molecular weight excluding hydrogens is 262 g/mol. The maximum Gasteiger partial charge on any atom is 0.323 e. The van der Waals surface area contributed by atoms with Gasteiger partial charge in [-0.05, 0) is 19.1 Å². The predicted molar refractivity (Wildman–Crippen MR) is 71.3 cm³/mol. The van der Waals surface area contributed by atoms with Crippen molar-refractivity contribution in [2.75, 3.05) is 17.2 Å². The monoisotopic (exact) mass is 275 g/mol. The number of hydrogen-bond acceptors (Lipinski definition) is 5. The van der Waals surface area contributed by atoms with Gasteiger partial charge in [0.25, 0.3) is 5.91 Å². The van der Waals surface area contributed by atoms with Gasteiger partial charge in [-0.25, -0.2) is 0 Å². The number of aromatic nitrogens is 3. The molecule has 0 bridgehead atoms. The highest BCUT2D eigenvalue weighted by Crippen LogP contribution is 2.17. The summed E-state index contributed by atoms with van der Waals surface area (Å²) in [5.74, 6) is -1.93. The van der Waals surface area contributed by atoms with Crippen LogP contribution in [0.15, 0.2) is 24.3 Å². The van der Waals surface area contributed by atoms with E-state index >= 15 is 0 Å². The number of carbonyl (C=O) groups is 2. The average Bonchev–Trinajstić information content (AvgIpc) is 2.83. The van der Waals surface area contributed by atoms with E-state index in [0.717, 1.165) is 10.5 Å². The fourth-order valence-electron chi connectivity index (χ4n) is 1.64. The Balaban J connectivity index is 2.34. The van der Waals surface area contributed by atoms with E-state index in [2.05, 4.69) is 15.2 Å². The van der Waals surface area contributed by atoms with Crippen LogP contribution in [0.25, 0.3) is 0 Å². The molecule has 104 valence electrons. The van der Waals surface area contributed by atoms with Crippen molar-refractivity contribution in [3.63, 3.8) is 0 Å². The molecule has 8 heteroatoms. The maximum atomic E-state index is 12.3. The molecule has 1 aromatic carbocycles. The first-order valence-corrected chi connectivity index (χ1v) is 5.75. The third-order valence-corrected chi connectivity index (χ3v) is 2.59. The van der Waals surface area contributed by atoms with Crippen LogP contribution in [0.3, 0.4) is 0 Å². The molecule has 1 amide bonds. The second kappa shape index (κ2) is 5.39. The highest BCUT2D eigenvalue weighted by Gasteiger charge is 2.23. The summed E-state index contributed by atoms with van der Waals surface area (Å²) >= 11 is 0. The summed E-state index contributed by atoms with van der Waals surface area (Å²) in [6, 6.07) is 6.89. The summed E-state index contributed by atoms with van der Waals surface area (Å²) in [4.78, 5) is 28.0. The Morgan fingerprint density at radius 3 is 2.50 bits per heavy atom. The van der Waals surface area contributed by atoms with Gasteiger partial charge in [0.2, 0.25) is 11.8 Å². The summed E-state index contributed by atoms with van der Waals surface area (Å²) in [6.07, 6.45) is 0. The molecule has 1 heterocycles. The molecule has 1 aromatic heterocycles. The molecule has 0 saturated heterocycles. The summed E-state index contributed by atoms with van der Waals surface area (Å²) < 4.78 is 0. The normalized spacial score (nSPS) is 10.2. The van der Waals surface area contributed by atoms with E-state index in [0.29, 0.717) is 5.69 Å². The highest BCUT2D eigenvalue weighted by molar-refractivity contribution is 6.06. The first-order chi connectivity index (χ1) is 9.47. The summed E-state index contributed by atoms with van der Waals surface area (Å²) in [6.45, 7) is 1.41. The van der Waals surface area contributed by atoms with Crippen molar-refractivity contribution >= 4 is 23.5 Å². The number of aliphatic carboxylic acids is 1. The first-order valence-electron chi connectivity index (χ1n) is 5.75. The minimum atomic E-state index is -1.13. The van der Waals surface area contributed by atoms with Gasteiger partial charge in [-0.3, -0.25) is 19.6 Å². The van der Waals surface area contributed by atoms with Gasteiger partial charge in [0.1, 0.15) is 6.54 Å². The van der Waals surface area contributed by atoms with Crippen LogP contribution in [0.5, 0.6) is 0 Å². The maximum absolute atomic E-state index is 12.3. The molecule has 8 nitrogen and oxygen atoms in total. The van der Waals surface area contributed by atoms with E-state index in [4.69, 9.17) is 10.8 Å². The van der Waals surface area contributed by atoms with Crippen LogP contribution < -0.4 is 10.6 Å². The number of hydrogen-bond donors (Lipinski definition) is 3. The zero-order valence-electron chi connectivity index (χ0n) is 10.7. The van der Waals surface area contributed by atoms with Crippen LogP contribution in [0, 0.1) is 6.92 Å². The van der Waals surface area contributed by atoms with Gasteiger partial charge in [-0.15, -0.1) is 5.10 Å². The van der Waals surface area contributed by atoms with Crippen LogP contribution in [0.2, 0.25) is 0 Å². The lowest BCUT2D eigenvalue weighted by Crippen LogP contribution is -2.36. The van der Waals surface area contributed by atoms with Gasteiger partial charge in [0.05, 0.1) is 0 Å². The fraction of sp³-hybridized carbons (Fsp3) is 0.167. The second-order valence-electron chi connectivity index (χ2n) is 4.16. The van der Waals surface area contributed by atoms with E-state index in [1.807, 2.05) is 6.92 Å². The minimum Gasteiger partial charge on any atom is -0.480 e. The lowest BCUT2D eigenvalue weighted by molar-refractivity contribution is -0.135. The molecule has 0 fully saturated rings. The first kappa shape index (κ1) is 13.5. The third kappa shape index (κ3) is 2.91. The van der Waals surface area contributed by atoms with Crippen LogP contribution in [-0.2, 0) is 4.79 Å². The van der Waals surface area contributed by atoms with Crippen molar-refractivity contribution in [1.82, 2.24) is 15.2 Å². The van der Waals surface area contributed by atoms with Crippen LogP contribution >= 0.6 is 0 Å². The molecule has 20 heavy (non-hydrogen) atoms. The smallest absolute Gasteiger partial charge is 0.323 e. The van der Waals surface area contributed by atoms with E-state index in [1.54, 1.807) is 24.3 Å². The number of aromatic amines is 1. The van der Waals surface area contributed by atoms with E-state index in [1.165, 1.54) is 0 Å². The molecule has 2 aromatic rings. The van der Waals surface area contributed by atoms with Crippen molar-refractivity contribution in [2.24, 2.45) is 0 Å². The third-order valence-electron chi connectivity index (χ3n) is 2.59. The molecular formula is C12H13N5O3. The molecule has 0 atom stereocenters. The van der Waals surface area contributed by atoms with Gasteiger partial charge in [-0.2, -0.15) is 4.98 Å². The lowest BCUT2D eigenvalue weighted by Gasteiger charge is -2.19. The summed E-state index contributed by atoms with van der Waals surface area (Å²) in [5, 5.41) is 14.9. The van der Waals surface area contributed by atoms with Gasteiger partial charge in [-0.1, -0.05) is 17.7 Å². The van der Waals surface area contributed by atoms with Crippen molar-refractivity contribution in [3.05, 3.63) is 35.7 Å². The van der Waals surface area contributed by atoms with Crippen molar-refractivity contribution in [1.29, 1.82) is 0 Å². The number of rotatable bonds is 4. The number of nitrogens with zero attached hydrogens (tertiary/aromatic N) is 3. The SMILES string of the molecule is Cc1ccc(N(CC(=O)O)C(=O)c2nc(N)n[nH]2)cc1. The Kier molecular flexibility index (Phi) is 3.65. The predicted octanol–water partition coefficient (Wildman–Crippen LogP) is 0.427. The van der Waals surface area contributed by atoms with Crippen LogP contribution in [0.1, 0.15) is 16.2 Å². The molecule has 0 aliphatic rings. The van der Waals surface area contributed by atoms with Gasteiger partial charge in [0.15, 0.2) is 0 Å². The summed E-state index contributed by atoms with van der Waals surface area (Å²) in [7, 11) is 0. The number of nitrogen functional groups attached to an aromatic ring is 1. The largest absolute Gasteiger partial charge is 0.480 e. The van der Waals surface area contributed by atoms with Gasteiger partial charge >= 0.3 is 5.97 Å². The van der Waals surface area contributed by atoms with Gasteiger partial charge in [0, 0.05) is 5.69 Å². The molecule has 0 aliphatic heterocycles. The number of nitrogens with one attached hydrogen (secondary N) is 1. The molecule has 0 aliphatic carbocycles. The number of benzene rings is 1. The van der Waals surface area contributed by atoms with Gasteiger partial charge < -0.3 is 10.8 Å². The van der Waals surface area contributed by atoms with E-state index in [9.17, 15) is 9.59 Å². The number of carboxylic acid groups (broad SMARTS) is 1. The summed E-state index contributed by atoms with van der Waals surface area (Å²) in [5.41, 5.74) is 6.79. The van der Waals surface area contributed by atoms with E-state index < -0.39 is 18.4 Å². The van der Waals surface area contributed by atoms with Crippen molar-refractivity contribution < 1.29 is 14.7 Å². The average molecular weight is 275 g/mol. The zero-order chi connectivity index (χ0) is 14.7. The van der Waals surface area contributed by atoms with Crippen molar-refractivity contribution in [3.8, 4) is 0 Å². The van der Waals surface area contributed by atoms with Crippen LogP contribution in [-0.4, -0.2) is 38.7 Å². The molecule has 0 radical (unpaired) electrons. The number of aryl methyl sites for hydroxylation is 1. The molecule has 2 rings (SSSR count). The topological polar surface area (TPSA) is 125 Å². The Bertz CT molecular complexity index is 635. The number of H-pyrrole nitrogens is 1. The fourth-order valence-corrected chi connectivity index (χ4v) is 1.64.